The summed E-state index contributed by atoms with van der Waals surface area (Å²) in [6.07, 6.45) is 3.22. The van der Waals surface area contributed by atoms with Gasteiger partial charge in [-0.15, -0.1) is 11.3 Å². The number of thiophene rings is 1. The molecule has 0 aliphatic heterocycles. The highest BCUT2D eigenvalue weighted by molar-refractivity contribution is 7.18. The summed E-state index contributed by atoms with van der Waals surface area (Å²) in [5, 5.41) is 0.827. The Kier molecular flexibility index (Phi) is 5.25. The molecule has 5 nitrogen and oxygen atoms in total. The fraction of sp³-hybridized carbons (Fsp3) is 0.455. The van der Waals surface area contributed by atoms with Gasteiger partial charge in [-0.1, -0.05) is 19.1 Å². The van der Waals surface area contributed by atoms with Gasteiger partial charge in [-0.3, -0.25) is 4.79 Å². The largest absolute Gasteiger partial charge is 0.497 e. The summed E-state index contributed by atoms with van der Waals surface area (Å²) in [7, 11) is 3.82. The molecule has 0 fully saturated rings. The van der Waals surface area contributed by atoms with Crippen LogP contribution >= 0.6 is 11.3 Å². The third kappa shape index (κ3) is 3.59. The highest BCUT2D eigenvalue weighted by Crippen LogP contribution is 2.35. The average Bonchev–Trinajstić information content (AvgIpc) is 3.05. The van der Waals surface area contributed by atoms with Gasteiger partial charge in [0.25, 0.3) is 5.56 Å². The molecule has 4 rings (SSSR count). The van der Waals surface area contributed by atoms with Gasteiger partial charge in [-0.2, -0.15) is 0 Å². The number of aryl methyl sites for hydroxylation is 1. The number of aromatic nitrogens is 2. The number of hydrogen-bond donors (Lipinski definition) is 2. The van der Waals surface area contributed by atoms with Crippen LogP contribution in [0, 0.1) is 5.92 Å². The molecule has 1 aliphatic carbocycles. The van der Waals surface area contributed by atoms with E-state index in [1.807, 2.05) is 12.1 Å². The van der Waals surface area contributed by atoms with Crippen LogP contribution in [0.4, 0.5) is 0 Å². The van der Waals surface area contributed by atoms with Crippen LogP contribution in [0.3, 0.4) is 0 Å². The number of benzene rings is 1. The maximum atomic E-state index is 12.9. The Morgan fingerprint density at radius 2 is 2.25 bits per heavy atom. The predicted molar refractivity (Wildman–Crippen MR) is 113 cm³/mol. The van der Waals surface area contributed by atoms with Gasteiger partial charge in [-0.25, -0.2) is 4.98 Å². The molecular formula is C22H28N3O2S+. The molecule has 2 aromatic heterocycles. The van der Waals surface area contributed by atoms with Gasteiger partial charge in [0.05, 0.1) is 19.5 Å². The molecule has 3 aromatic rings. The molecule has 0 bridgehead atoms. The maximum Gasteiger partial charge on any atom is 0.260 e. The van der Waals surface area contributed by atoms with E-state index in [9.17, 15) is 4.79 Å². The summed E-state index contributed by atoms with van der Waals surface area (Å²) in [6, 6.07) is 8.21. The van der Waals surface area contributed by atoms with Crippen molar-refractivity contribution >= 4 is 21.6 Å². The number of nitrogens with one attached hydrogen (secondary N) is 2. The molecule has 0 saturated heterocycles. The maximum absolute atomic E-state index is 12.9. The Labute approximate surface area is 169 Å². The normalized spacial score (nSPS) is 18.6. The lowest BCUT2D eigenvalue weighted by Gasteiger charge is -2.21. The van der Waals surface area contributed by atoms with Crippen molar-refractivity contribution in [3.05, 3.63) is 56.4 Å². The highest BCUT2D eigenvalue weighted by atomic mass is 32.1. The number of nitrogens with zero attached hydrogens (tertiary/aromatic N) is 1. The van der Waals surface area contributed by atoms with E-state index in [1.54, 1.807) is 18.4 Å². The van der Waals surface area contributed by atoms with E-state index >= 15 is 0 Å². The van der Waals surface area contributed by atoms with E-state index in [2.05, 4.69) is 38.0 Å². The van der Waals surface area contributed by atoms with Crippen LogP contribution in [-0.4, -0.2) is 24.1 Å². The van der Waals surface area contributed by atoms with Crippen molar-refractivity contribution in [2.75, 3.05) is 14.2 Å². The van der Waals surface area contributed by atoms with Crippen molar-refractivity contribution in [3.8, 4) is 5.75 Å². The fourth-order valence-electron chi connectivity index (χ4n) is 4.06. The monoisotopic (exact) mass is 398 g/mol. The number of methoxy groups -OCH3 is 1. The first-order chi connectivity index (χ1) is 13.5. The number of hydrogen-bond acceptors (Lipinski definition) is 4. The zero-order valence-corrected chi connectivity index (χ0v) is 17.8. The quantitative estimate of drug-likeness (QED) is 0.695. The Balaban J connectivity index is 1.62. The van der Waals surface area contributed by atoms with Crippen molar-refractivity contribution in [1.29, 1.82) is 0 Å². The molecule has 0 amide bonds. The lowest BCUT2D eigenvalue weighted by Crippen LogP contribution is -3.07. The zero-order valence-electron chi connectivity index (χ0n) is 17.0. The second-order valence-electron chi connectivity index (χ2n) is 8.08. The molecule has 1 unspecified atom stereocenters. The number of ether oxygens (including phenoxy) is 1. The van der Waals surface area contributed by atoms with Crippen LogP contribution in [0.25, 0.3) is 10.2 Å². The second-order valence-corrected chi connectivity index (χ2v) is 9.16. The first kappa shape index (κ1) is 19.2. The minimum Gasteiger partial charge on any atom is -0.497 e. The van der Waals surface area contributed by atoms with Crippen LogP contribution in [0.15, 0.2) is 29.1 Å². The highest BCUT2D eigenvalue weighted by Gasteiger charge is 2.25. The topological polar surface area (TPSA) is 59.4 Å². The Hall–Kier alpha value is -2.18. The van der Waals surface area contributed by atoms with Gasteiger partial charge < -0.3 is 14.6 Å². The van der Waals surface area contributed by atoms with Gasteiger partial charge in [0.2, 0.25) is 0 Å². The van der Waals surface area contributed by atoms with Gasteiger partial charge in [0.1, 0.15) is 23.2 Å². The molecule has 0 spiro atoms. The molecule has 6 heteroatoms. The summed E-state index contributed by atoms with van der Waals surface area (Å²) in [4.78, 5) is 24.4. The van der Waals surface area contributed by atoms with Crippen molar-refractivity contribution in [3.63, 3.8) is 0 Å². The standard InChI is InChI=1S/C22H27N3O2S/c1-13-8-9-17-18(10-13)28-22-19(17)21(26)23-20(24-22)14(2)25(3)12-15-6-5-7-16(11-15)27-4/h5-7,11,13-14H,8-10,12H2,1-4H3,(H,23,24,26)/p+1/t13-,14+/m0/s1. The third-order valence-corrected chi connectivity index (χ3v) is 7.10. The van der Waals surface area contributed by atoms with E-state index in [0.717, 1.165) is 47.6 Å². The van der Waals surface area contributed by atoms with Crippen LogP contribution in [0.2, 0.25) is 0 Å². The Morgan fingerprint density at radius 3 is 3.04 bits per heavy atom. The number of H-pyrrole nitrogens is 1. The third-order valence-electron chi connectivity index (χ3n) is 5.95. The lowest BCUT2D eigenvalue weighted by molar-refractivity contribution is -0.924. The molecule has 148 valence electrons. The molecule has 2 heterocycles. The van der Waals surface area contributed by atoms with Crippen LogP contribution in [-0.2, 0) is 19.4 Å². The van der Waals surface area contributed by atoms with E-state index in [0.29, 0.717) is 5.92 Å². The fourth-order valence-corrected chi connectivity index (χ4v) is 5.45. The van der Waals surface area contributed by atoms with Gasteiger partial charge in [-0.05, 0) is 49.8 Å². The molecule has 3 atom stereocenters. The Morgan fingerprint density at radius 1 is 1.43 bits per heavy atom. The molecular weight excluding hydrogens is 370 g/mol. The van der Waals surface area contributed by atoms with Crippen molar-refractivity contribution in [1.82, 2.24) is 9.97 Å². The van der Waals surface area contributed by atoms with E-state index in [1.165, 1.54) is 20.9 Å². The minimum absolute atomic E-state index is 0.0214. The van der Waals surface area contributed by atoms with Crippen LogP contribution in [0.1, 0.15) is 48.1 Å². The summed E-state index contributed by atoms with van der Waals surface area (Å²) in [5.74, 6) is 2.32. The minimum atomic E-state index is 0.0214. The summed E-state index contributed by atoms with van der Waals surface area (Å²) < 4.78 is 5.33. The molecule has 1 aliphatic rings. The smallest absolute Gasteiger partial charge is 0.260 e. The SMILES string of the molecule is COc1cccc(C[NH+](C)[C@H](C)c2nc3sc4c(c3c(=O)[nH]2)CC[C@H](C)C4)c1. The van der Waals surface area contributed by atoms with Gasteiger partial charge in [0, 0.05) is 10.4 Å². The number of quaternary nitrogens is 1. The molecule has 2 N–H and O–H groups in total. The van der Waals surface area contributed by atoms with Gasteiger partial charge in [0.15, 0.2) is 5.82 Å². The zero-order chi connectivity index (χ0) is 19.8. The van der Waals surface area contributed by atoms with Crippen molar-refractivity contribution < 1.29 is 9.64 Å². The summed E-state index contributed by atoms with van der Waals surface area (Å²) in [5.41, 5.74) is 2.46. The lowest BCUT2D eigenvalue weighted by atomic mass is 9.89. The number of fused-ring (bicyclic) bond motifs is 3. The molecule has 28 heavy (non-hydrogen) atoms. The van der Waals surface area contributed by atoms with E-state index < -0.39 is 0 Å². The predicted octanol–water partition coefficient (Wildman–Crippen LogP) is 2.89. The Bertz CT molecular complexity index is 1060. The van der Waals surface area contributed by atoms with Gasteiger partial charge >= 0.3 is 0 Å². The van der Waals surface area contributed by atoms with E-state index in [4.69, 9.17) is 9.72 Å². The number of aromatic amines is 1. The summed E-state index contributed by atoms with van der Waals surface area (Å²) in [6.45, 7) is 5.24. The molecule has 0 saturated carbocycles. The first-order valence-electron chi connectivity index (χ1n) is 9.96. The van der Waals surface area contributed by atoms with Crippen molar-refractivity contribution in [2.45, 2.75) is 45.7 Å². The molecule has 0 radical (unpaired) electrons. The van der Waals surface area contributed by atoms with Crippen LogP contribution in [0.5, 0.6) is 5.75 Å². The van der Waals surface area contributed by atoms with E-state index in [-0.39, 0.29) is 11.6 Å². The average molecular weight is 399 g/mol. The number of rotatable bonds is 5. The summed E-state index contributed by atoms with van der Waals surface area (Å²) >= 11 is 1.71. The molecule has 1 aromatic carbocycles. The van der Waals surface area contributed by atoms with Crippen molar-refractivity contribution in [2.24, 2.45) is 5.92 Å². The first-order valence-corrected chi connectivity index (χ1v) is 10.8. The van der Waals surface area contributed by atoms with Crippen LogP contribution < -0.4 is 15.2 Å². The second kappa shape index (κ2) is 7.68.